The molecule has 53 heavy (non-hydrogen) atoms. The van der Waals surface area contributed by atoms with Crippen molar-refractivity contribution in [3.05, 3.63) is 109 Å². The molecule has 1 aliphatic heterocycles. The topological polar surface area (TPSA) is 72.9 Å². The highest BCUT2D eigenvalue weighted by molar-refractivity contribution is 6.99. The minimum absolute atomic E-state index is 0.0972. The zero-order valence-electron chi connectivity index (χ0n) is 32.7. The lowest BCUT2D eigenvalue weighted by Gasteiger charge is -2.54. The molecule has 0 bridgehead atoms. The van der Waals surface area contributed by atoms with Gasteiger partial charge >= 0.3 is 0 Å². The average Bonchev–Trinajstić information content (AvgIpc) is 3.41. The van der Waals surface area contributed by atoms with Crippen LogP contribution < -0.4 is 10.4 Å². The summed E-state index contributed by atoms with van der Waals surface area (Å²) in [6, 6.07) is 33.9. The van der Waals surface area contributed by atoms with Crippen molar-refractivity contribution in [1.82, 2.24) is 4.90 Å². The molecule has 0 radical (unpaired) electrons. The second-order valence-electron chi connectivity index (χ2n) is 16.5. The van der Waals surface area contributed by atoms with Crippen LogP contribution in [0.4, 0.5) is 0 Å². The molecule has 2 unspecified atom stereocenters. The van der Waals surface area contributed by atoms with Gasteiger partial charge in [-0.3, -0.25) is 19.3 Å². The monoisotopic (exact) mass is 749 g/mol. The zero-order valence-corrected chi connectivity index (χ0v) is 34.7. The van der Waals surface area contributed by atoms with Gasteiger partial charge in [0, 0.05) is 13.0 Å². The number of carbonyl (C=O) groups excluding carboxylic acids is 3. The smallest absolute Gasteiger partial charge is 0.261 e. The van der Waals surface area contributed by atoms with Gasteiger partial charge in [-0.2, -0.15) is 0 Å². The fourth-order valence-electron chi connectivity index (χ4n) is 10.1. The molecule has 1 spiro atoms. The maximum atomic E-state index is 14.9. The maximum Gasteiger partial charge on any atom is 0.261 e. The first-order valence-corrected chi connectivity index (χ1v) is 24.4. The van der Waals surface area contributed by atoms with Gasteiger partial charge in [-0.15, -0.1) is 0 Å². The summed E-state index contributed by atoms with van der Waals surface area (Å²) >= 11 is 0. The molecule has 6 rings (SSSR count). The van der Waals surface area contributed by atoms with Gasteiger partial charge in [0.1, 0.15) is 5.78 Å². The van der Waals surface area contributed by atoms with E-state index in [1.54, 1.807) is 0 Å². The number of nitrogens with zero attached hydrogens (tertiary/aromatic N) is 1. The average molecular weight is 750 g/mol. The van der Waals surface area contributed by atoms with Crippen molar-refractivity contribution in [2.45, 2.75) is 109 Å². The number of allylic oxidation sites excluding steroid dienone is 1. The van der Waals surface area contributed by atoms with E-state index in [0.717, 1.165) is 23.7 Å². The van der Waals surface area contributed by atoms with Gasteiger partial charge in [0.15, 0.2) is 8.32 Å². The summed E-state index contributed by atoms with van der Waals surface area (Å²) in [6.07, 6.45) is 6.61. The number of imide groups is 1. The Kier molecular flexibility index (Phi) is 11.9. The van der Waals surface area contributed by atoms with Crippen molar-refractivity contribution in [1.29, 1.82) is 0 Å². The van der Waals surface area contributed by atoms with Gasteiger partial charge in [0.2, 0.25) is 11.8 Å². The van der Waals surface area contributed by atoms with Crippen molar-refractivity contribution >= 4 is 44.6 Å². The van der Waals surface area contributed by atoms with Gasteiger partial charge in [-0.1, -0.05) is 145 Å². The van der Waals surface area contributed by atoms with Gasteiger partial charge in [0.25, 0.3) is 8.32 Å². The molecule has 3 aromatic rings. The van der Waals surface area contributed by atoms with E-state index in [0.29, 0.717) is 38.7 Å². The lowest BCUT2D eigenvalue weighted by molar-refractivity contribution is -0.162. The van der Waals surface area contributed by atoms with Crippen LogP contribution in [0.2, 0.25) is 23.2 Å². The van der Waals surface area contributed by atoms with E-state index in [4.69, 9.17) is 8.85 Å². The fraction of sp³-hybridized carbons (Fsp3) is 0.489. The molecule has 2 fully saturated rings. The summed E-state index contributed by atoms with van der Waals surface area (Å²) in [6.45, 7) is 14.2. The number of rotatable bonds is 14. The Morgan fingerprint density at radius 3 is 1.91 bits per heavy atom. The normalized spacial score (nSPS) is 24.9. The Morgan fingerprint density at radius 2 is 1.36 bits per heavy atom. The summed E-state index contributed by atoms with van der Waals surface area (Å²) in [7, 11) is -4.96. The van der Waals surface area contributed by atoms with Crippen LogP contribution in [0.3, 0.4) is 0 Å². The third-order valence-corrected chi connectivity index (χ3v) is 22.7. The van der Waals surface area contributed by atoms with Crippen LogP contribution in [-0.4, -0.2) is 51.8 Å². The molecule has 2 aliphatic carbocycles. The fourth-order valence-corrected chi connectivity index (χ4v) is 17.6. The molecular formula is C45H59NO5Si2. The molecule has 2 amide bonds. The van der Waals surface area contributed by atoms with Crippen molar-refractivity contribution < 1.29 is 23.2 Å². The first kappa shape index (κ1) is 39.3. The molecule has 6 nitrogen and oxygen atoms in total. The third kappa shape index (κ3) is 7.01. The number of likely N-dealkylation sites (tertiary alicyclic amines) is 1. The molecule has 0 N–H and O–H groups in total. The molecule has 1 heterocycles. The molecule has 1 saturated heterocycles. The van der Waals surface area contributed by atoms with E-state index >= 15 is 0 Å². The minimum Gasteiger partial charge on any atom is -0.413 e. The maximum absolute atomic E-state index is 14.9. The van der Waals surface area contributed by atoms with Crippen molar-refractivity contribution in [2.75, 3.05) is 6.61 Å². The number of amides is 2. The van der Waals surface area contributed by atoms with Crippen molar-refractivity contribution in [3.8, 4) is 0 Å². The lowest BCUT2D eigenvalue weighted by Crippen LogP contribution is -2.66. The van der Waals surface area contributed by atoms with E-state index in [1.165, 1.54) is 15.3 Å². The summed E-state index contributed by atoms with van der Waals surface area (Å²) < 4.78 is 14.7. The summed E-state index contributed by atoms with van der Waals surface area (Å²) in [5, 5.41) is 2.32. The zero-order chi connectivity index (χ0) is 37.9. The number of hydrogen-bond donors (Lipinski definition) is 0. The van der Waals surface area contributed by atoms with E-state index in [9.17, 15) is 14.4 Å². The van der Waals surface area contributed by atoms with E-state index in [-0.39, 0.29) is 35.1 Å². The number of benzene rings is 3. The number of ketones is 1. The molecular weight excluding hydrogens is 691 g/mol. The molecule has 5 atom stereocenters. The van der Waals surface area contributed by atoms with Crippen molar-refractivity contribution in [3.63, 3.8) is 0 Å². The summed E-state index contributed by atoms with van der Waals surface area (Å²) in [5.41, 5.74) is -0.179. The predicted molar refractivity (Wildman–Crippen MR) is 218 cm³/mol. The van der Waals surface area contributed by atoms with Gasteiger partial charge in [-0.05, 0) is 70.7 Å². The predicted octanol–water partition coefficient (Wildman–Crippen LogP) is 8.46. The molecule has 3 aromatic carbocycles. The van der Waals surface area contributed by atoms with Crippen LogP contribution in [0, 0.1) is 23.2 Å². The van der Waals surface area contributed by atoms with Crippen LogP contribution in [0.5, 0.6) is 0 Å². The van der Waals surface area contributed by atoms with Crippen molar-refractivity contribution in [2.24, 2.45) is 23.2 Å². The lowest BCUT2D eigenvalue weighted by atomic mass is 9.51. The molecule has 1 saturated carbocycles. The van der Waals surface area contributed by atoms with E-state index < -0.39 is 40.0 Å². The quantitative estimate of drug-likeness (QED) is 0.0716. The van der Waals surface area contributed by atoms with Crippen LogP contribution in [0.25, 0.3) is 0 Å². The van der Waals surface area contributed by atoms with Crippen LogP contribution in [0.1, 0.15) is 79.2 Å². The van der Waals surface area contributed by atoms with Gasteiger partial charge in [-0.25, -0.2) is 0 Å². The Balaban J connectivity index is 1.36. The third-order valence-electron chi connectivity index (χ3n) is 13.0. The highest BCUT2D eigenvalue weighted by Crippen LogP contribution is 2.58. The number of Topliss-reactive ketones (excluding diaryl/α,β-unsaturated/α-hetero) is 1. The first-order valence-electron chi connectivity index (χ1n) is 20.0. The van der Waals surface area contributed by atoms with Crippen LogP contribution >= 0.6 is 0 Å². The molecule has 8 heteroatoms. The summed E-state index contributed by atoms with van der Waals surface area (Å²) in [5.74, 6) is -1.73. The minimum atomic E-state index is -2.75. The highest BCUT2D eigenvalue weighted by atomic mass is 28.4. The van der Waals surface area contributed by atoms with Crippen LogP contribution in [-0.2, 0) is 29.8 Å². The Bertz CT molecular complexity index is 1710. The second-order valence-corrected chi connectivity index (χ2v) is 25.5. The van der Waals surface area contributed by atoms with Gasteiger partial charge < -0.3 is 8.85 Å². The Morgan fingerprint density at radius 1 is 0.792 bits per heavy atom. The number of carbonyl (C=O) groups is 3. The summed E-state index contributed by atoms with van der Waals surface area (Å²) in [4.78, 5) is 45.3. The largest absolute Gasteiger partial charge is 0.413 e. The van der Waals surface area contributed by atoms with Gasteiger partial charge in [0.05, 0.1) is 29.9 Å². The number of fused-ring (bicyclic) bond motifs is 2. The first-order chi connectivity index (χ1) is 25.5. The second kappa shape index (κ2) is 16.1. The highest BCUT2D eigenvalue weighted by Gasteiger charge is 2.68. The standard InChI is InChI=1S/C45H59NO5Si2/c1-7-52(8-2,9-3)51-40-29-19-23-35(24-20-32-50-53(44(4,5)6,36-25-15-11-16-26-36)37-27-17-12-18-28-37)45(40)39(47)31-30-38-41(45)43(49)46(42(38)48)33-34-21-13-10-14-22-34/h10-19,21-23,25-28,35,38,40-41H,7-9,20,24,29-33H2,1-6H3/t35-,38?,40+,41?,45+/m1/s1. The van der Waals surface area contributed by atoms with E-state index in [1.807, 2.05) is 30.3 Å². The van der Waals surface area contributed by atoms with Crippen LogP contribution in [0.15, 0.2) is 103 Å². The molecule has 0 aromatic heterocycles. The Hall–Kier alpha value is -3.44. The SMILES string of the molecule is CC[Si](CC)(CC)O[C@H]1CC=C[C@H](CCCO[Si](c2ccccc2)(c2ccccc2)C(C)(C)C)[C@]12C(=O)CCC1C(=O)N(Cc3ccccc3)C(=O)C12. The molecule has 282 valence electrons. The van der Waals surface area contributed by atoms with E-state index in [2.05, 4.69) is 114 Å². The Labute approximate surface area is 319 Å². The molecule has 3 aliphatic rings. The number of hydrogen-bond acceptors (Lipinski definition) is 5.